The van der Waals surface area contributed by atoms with E-state index in [4.69, 9.17) is 0 Å². The van der Waals surface area contributed by atoms with E-state index in [1.807, 2.05) is 0 Å². The van der Waals surface area contributed by atoms with Crippen molar-refractivity contribution in [1.82, 2.24) is 4.57 Å². The minimum absolute atomic E-state index is 1.12. The molecule has 0 aliphatic rings. The fourth-order valence-corrected chi connectivity index (χ4v) is 8.46. The highest BCUT2D eigenvalue weighted by molar-refractivity contribution is 6.09. The summed E-state index contributed by atoms with van der Waals surface area (Å²) in [4.78, 5) is 2.33. The van der Waals surface area contributed by atoms with Gasteiger partial charge in [-0.1, -0.05) is 121 Å². The highest BCUT2D eigenvalue weighted by atomic mass is 15.1. The minimum Gasteiger partial charge on any atom is -0.311 e. The van der Waals surface area contributed by atoms with Gasteiger partial charge in [-0.25, -0.2) is 0 Å². The van der Waals surface area contributed by atoms with Crippen molar-refractivity contribution >= 4 is 38.9 Å². The molecule has 0 aliphatic heterocycles. The largest absolute Gasteiger partial charge is 0.311 e. The number of hydrogen-bond donors (Lipinski definition) is 0. The number of aryl methyl sites for hydroxylation is 4. The van der Waals surface area contributed by atoms with Crippen LogP contribution in [0.4, 0.5) is 17.1 Å². The summed E-state index contributed by atoms with van der Waals surface area (Å²) in [6.45, 7) is 9.02. The van der Waals surface area contributed by atoms with Gasteiger partial charge in [0, 0.05) is 27.8 Å². The van der Waals surface area contributed by atoms with Crippen LogP contribution in [-0.4, -0.2) is 4.57 Å². The molecule has 54 heavy (non-hydrogen) atoms. The van der Waals surface area contributed by atoms with Crippen LogP contribution in [0.25, 0.3) is 60.9 Å². The number of fused-ring (bicyclic) bond motifs is 3. The minimum atomic E-state index is 1.12. The molecule has 1 heterocycles. The number of nitrogens with zero attached hydrogens (tertiary/aromatic N) is 2. The Bertz CT molecular complexity index is 2670. The maximum Gasteiger partial charge on any atom is 0.0541 e. The summed E-state index contributed by atoms with van der Waals surface area (Å²) in [5.74, 6) is 0. The molecule has 9 aromatic rings. The van der Waals surface area contributed by atoms with Crippen LogP contribution in [0.2, 0.25) is 0 Å². The van der Waals surface area contributed by atoms with Crippen LogP contribution in [-0.2, 0) is 0 Å². The summed E-state index contributed by atoms with van der Waals surface area (Å²) >= 11 is 0. The zero-order valence-corrected chi connectivity index (χ0v) is 31.2. The first-order valence-electron chi connectivity index (χ1n) is 18.8. The fraction of sp³-hybridized carbons (Fsp3) is 0.0769. The predicted molar refractivity (Wildman–Crippen MR) is 231 cm³/mol. The van der Waals surface area contributed by atoms with Crippen molar-refractivity contribution in [2.75, 3.05) is 4.90 Å². The van der Waals surface area contributed by atoms with Crippen LogP contribution in [0.3, 0.4) is 0 Å². The molecule has 0 atom stereocenters. The number of rotatable bonds is 7. The molecule has 9 rings (SSSR count). The molecule has 0 bridgehead atoms. The number of anilines is 3. The van der Waals surface area contributed by atoms with Crippen molar-refractivity contribution in [3.63, 3.8) is 0 Å². The molecule has 1 aromatic heterocycles. The van der Waals surface area contributed by atoms with Crippen molar-refractivity contribution in [3.05, 3.63) is 204 Å². The van der Waals surface area contributed by atoms with E-state index in [2.05, 4.69) is 219 Å². The van der Waals surface area contributed by atoms with Crippen molar-refractivity contribution in [3.8, 4) is 39.1 Å². The zero-order chi connectivity index (χ0) is 36.8. The van der Waals surface area contributed by atoms with Gasteiger partial charge in [-0.15, -0.1) is 0 Å². The summed E-state index contributed by atoms with van der Waals surface area (Å²) < 4.78 is 2.45. The Labute approximate surface area is 318 Å². The second-order valence-electron chi connectivity index (χ2n) is 14.4. The molecule has 2 heteroatoms. The lowest BCUT2D eigenvalue weighted by Crippen LogP contribution is -2.09. The number of hydrogen-bond acceptors (Lipinski definition) is 1. The summed E-state index contributed by atoms with van der Waals surface area (Å²) in [6, 6.07) is 66.0. The van der Waals surface area contributed by atoms with Crippen LogP contribution in [0, 0.1) is 27.7 Å². The summed E-state index contributed by atoms with van der Waals surface area (Å²) in [5.41, 5.74) is 19.7. The van der Waals surface area contributed by atoms with Crippen molar-refractivity contribution in [2.45, 2.75) is 27.7 Å². The first-order valence-corrected chi connectivity index (χ1v) is 18.8. The molecule has 8 aromatic carbocycles. The summed E-state index contributed by atoms with van der Waals surface area (Å²) in [7, 11) is 0. The van der Waals surface area contributed by atoms with Crippen molar-refractivity contribution in [1.29, 1.82) is 0 Å². The monoisotopic (exact) mass is 694 g/mol. The average molecular weight is 695 g/mol. The standard InChI is InChI=1S/C52H42N2/c1-35-31-42(41-25-29-46(30-26-41)53(44-17-9-6-10-18-44)45-27-23-40(24-28-45)39-15-7-5-8-16-39)32-36(2)51(35)43-33-37(3)52(38(4)34-43)54-49-21-13-11-19-47(49)48-20-12-14-22-50(48)54/h5-34H,1-4H3. The van der Waals surface area contributed by atoms with E-state index >= 15 is 0 Å². The van der Waals surface area contributed by atoms with Crippen LogP contribution in [0.15, 0.2) is 182 Å². The third kappa shape index (κ3) is 5.87. The summed E-state index contributed by atoms with van der Waals surface area (Å²) in [5, 5.41) is 2.58. The maximum absolute atomic E-state index is 2.45. The van der Waals surface area contributed by atoms with Crippen molar-refractivity contribution < 1.29 is 0 Å². The predicted octanol–water partition coefficient (Wildman–Crippen LogP) is 14.5. The van der Waals surface area contributed by atoms with Gasteiger partial charge in [0.1, 0.15) is 0 Å². The number of para-hydroxylation sites is 3. The van der Waals surface area contributed by atoms with Gasteiger partial charge in [0.05, 0.1) is 16.7 Å². The molecular formula is C52H42N2. The van der Waals surface area contributed by atoms with E-state index < -0.39 is 0 Å². The molecule has 260 valence electrons. The van der Waals surface area contributed by atoms with Gasteiger partial charge in [-0.3, -0.25) is 0 Å². The Morgan fingerprint density at radius 3 is 1.24 bits per heavy atom. The van der Waals surface area contributed by atoms with E-state index in [1.165, 1.54) is 83.1 Å². The third-order valence-electron chi connectivity index (χ3n) is 10.8. The Hall–Kier alpha value is -6.64. The number of aromatic nitrogens is 1. The SMILES string of the molecule is Cc1cc(-c2ccc(N(c3ccccc3)c3ccc(-c4ccccc4)cc3)cc2)cc(C)c1-c1cc(C)c(-n2c3ccccc3c3ccccc32)c(C)c1. The van der Waals surface area contributed by atoms with E-state index in [9.17, 15) is 0 Å². The first-order chi connectivity index (χ1) is 26.4. The molecule has 0 saturated heterocycles. The maximum atomic E-state index is 2.45. The lowest BCUT2D eigenvalue weighted by molar-refractivity contribution is 1.12. The van der Waals surface area contributed by atoms with Crippen LogP contribution >= 0.6 is 0 Å². The lowest BCUT2D eigenvalue weighted by atomic mass is 9.89. The molecule has 0 radical (unpaired) electrons. The Balaban J connectivity index is 1.05. The highest BCUT2D eigenvalue weighted by Crippen LogP contribution is 2.40. The molecule has 0 saturated carbocycles. The molecule has 2 nitrogen and oxygen atoms in total. The molecule has 0 amide bonds. The van der Waals surface area contributed by atoms with Gasteiger partial charge >= 0.3 is 0 Å². The summed E-state index contributed by atoms with van der Waals surface area (Å²) in [6.07, 6.45) is 0. The van der Waals surface area contributed by atoms with Gasteiger partial charge in [0.25, 0.3) is 0 Å². The van der Waals surface area contributed by atoms with Gasteiger partial charge in [-0.2, -0.15) is 0 Å². The topological polar surface area (TPSA) is 8.17 Å². The van der Waals surface area contributed by atoms with Gasteiger partial charge in [0.2, 0.25) is 0 Å². The average Bonchev–Trinajstić information content (AvgIpc) is 3.53. The van der Waals surface area contributed by atoms with E-state index in [0.29, 0.717) is 0 Å². The van der Waals surface area contributed by atoms with E-state index in [0.717, 1.165) is 17.1 Å². The van der Waals surface area contributed by atoms with E-state index in [1.54, 1.807) is 0 Å². The van der Waals surface area contributed by atoms with Crippen LogP contribution < -0.4 is 4.90 Å². The normalized spacial score (nSPS) is 11.3. The van der Waals surface area contributed by atoms with Crippen molar-refractivity contribution in [2.24, 2.45) is 0 Å². The second kappa shape index (κ2) is 13.7. The smallest absolute Gasteiger partial charge is 0.0541 e. The highest BCUT2D eigenvalue weighted by Gasteiger charge is 2.18. The molecule has 0 fully saturated rings. The molecule has 0 spiro atoms. The number of benzene rings is 8. The zero-order valence-electron chi connectivity index (χ0n) is 31.2. The molecule has 0 unspecified atom stereocenters. The van der Waals surface area contributed by atoms with Crippen LogP contribution in [0.1, 0.15) is 22.3 Å². The Morgan fingerprint density at radius 2 is 0.722 bits per heavy atom. The van der Waals surface area contributed by atoms with E-state index in [-0.39, 0.29) is 0 Å². The fourth-order valence-electron chi connectivity index (χ4n) is 8.46. The lowest BCUT2D eigenvalue weighted by Gasteiger charge is -2.26. The van der Waals surface area contributed by atoms with Gasteiger partial charge in [-0.05, 0) is 144 Å². The second-order valence-corrected chi connectivity index (χ2v) is 14.4. The third-order valence-corrected chi connectivity index (χ3v) is 10.8. The Kier molecular flexibility index (Phi) is 8.44. The molecule has 0 aliphatic carbocycles. The van der Waals surface area contributed by atoms with Gasteiger partial charge < -0.3 is 9.47 Å². The van der Waals surface area contributed by atoms with Gasteiger partial charge in [0.15, 0.2) is 0 Å². The molecule has 0 N–H and O–H groups in total. The quantitative estimate of drug-likeness (QED) is 0.161. The van der Waals surface area contributed by atoms with Crippen LogP contribution in [0.5, 0.6) is 0 Å². The first kappa shape index (κ1) is 33.2. The Morgan fingerprint density at radius 1 is 0.333 bits per heavy atom. The molecular weight excluding hydrogens is 653 g/mol.